The lowest BCUT2D eigenvalue weighted by molar-refractivity contribution is -0.0126. The van der Waals surface area contributed by atoms with Gasteiger partial charge in [0.1, 0.15) is 11.5 Å². The Kier molecular flexibility index (Phi) is 13.2. The molecule has 1 heterocycles. The number of rotatable bonds is 14. The van der Waals surface area contributed by atoms with Crippen molar-refractivity contribution in [2.45, 2.75) is 82.1 Å². The number of ether oxygens (including phenoxy) is 4. The molecule has 1 aliphatic carbocycles. The maximum atomic E-state index is 13.7. The van der Waals surface area contributed by atoms with Crippen LogP contribution in [0.25, 0.3) is 0 Å². The van der Waals surface area contributed by atoms with Crippen molar-refractivity contribution >= 4 is 34.1 Å². The number of amides is 1. The lowest BCUT2D eigenvalue weighted by Crippen LogP contribution is -2.53. The van der Waals surface area contributed by atoms with E-state index in [1.165, 1.54) is 23.3 Å². The molecule has 0 radical (unpaired) electrons. The Morgan fingerprint density at radius 2 is 1.74 bits per heavy atom. The van der Waals surface area contributed by atoms with Crippen LogP contribution in [0.5, 0.6) is 11.5 Å². The lowest BCUT2D eigenvalue weighted by atomic mass is 9.82. The van der Waals surface area contributed by atoms with Crippen molar-refractivity contribution in [3.63, 3.8) is 0 Å². The molecule has 2 aromatic carbocycles. The van der Waals surface area contributed by atoms with Crippen molar-refractivity contribution in [3.05, 3.63) is 59.7 Å². The normalized spacial score (nSPS) is 23.2. The van der Waals surface area contributed by atoms with E-state index in [2.05, 4.69) is 0 Å². The van der Waals surface area contributed by atoms with Gasteiger partial charge < -0.3 is 24.1 Å². The zero-order valence-corrected chi connectivity index (χ0v) is 29.0. The van der Waals surface area contributed by atoms with Crippen LogP contribution in [-0.2, 0) is 26.2 Å². The Hall–Kier alpha value is -3.10. The van der Waals surface area contributed by atoms with Crippen molar-refractivity contribution in [1.29, 1.82) is 0 Å². The molecule has 260 valence electrons. The number of nitrogens with zero attached hydrogens (tertiary/aromatic N) is 3. The number of hydrogen-bond donors (Lipinski definition) is 1. The Bertz CT molecular complexity index is 1440. The first-order valence-electron chi connectivity index (χ1n) is 15.9. The SMILES string of the molecule is COc1ccc(CN([C@H]2C[C@@H](C)N(C(=O)O)C2COC2CCC(c3cccc(OC(=O)OCCCCl)c3)CC2)S(=O)(=O)N(C)C)cc1. The molecular weight excluding hydrogens is 650 g/mol. The topological polar surface area (TPSA) is 135 Å². The smallest absolute Gasteiger partial charge is 0.497 e. The number of halogens is 1. The average Bonchev–Trinajstić information content (AvgIpc) is 3.38. The zero-order chi connectivity index (χ0) is 34.1. The average molecular weight is 696 g/mol. The lowest BCUT2D eigenvalue weighted by Gasteiger charge is -2.36. The van der Waals surface area contributed by atoms with Gasteiger partial charge in [0.15, 0.2) is 0 Å². The quantitative estimate of drug-likeness (QED) is 0.114. The van der Waals surface area contributed by atoms with Crippen LogP contribution in [0.1, 0.15) is 62.5 Å². The Morgan fingerprint density at radius 1 is 1.04 bits per heavy atom. The number of carbonyl (C=O) groups is 2. The van der Waals surface area contributed by atoms with Gasteiger partial charge >= 0.3 is 12.2 Å². The highest BCUT2D eigenvalue weighted by molar-refractivity contribution is 7.86. The molecule has 12 nitrogen and oxygen atoms in total. The van der Waals surface area contributed by atoms with Crippen LogP contribution < -0.4 is 9.47 Å². The number of alkyl halides is 1. The van der Waals surface area contributed by atoms with Gasteiger partial charge in [-0.05, 0) is 86.8 Å². The van der Waals surface area contributed by atoms with Gasteiger partial charge in [0.2, 0.25) is 0 Å². The summed E-state index contributed by atoms with van der Waals surface area (Å²) in [5.41, 5.74) is 1.81. The summed E-state index contributed by atoms with van der Waals surface area (Å²) in [6.07, 6.45) is 2.09. The highest BCUT2D eigenvalue weighted by Crippen LogP contribution is 2.37. The van der Waals surface area contributed by atoms with E-state index >= 15 is 0 Å². The number of likely N-dealkylation sites (tertiary alicyclic amines) is 1. The van der Waals surface area contributed by atoms with Crippen LogP contribution in [0.2, 0.25) is 0 Å². The second-order valence-corrected chi connectivity index (χ2v) is 14.7. The third-order valence-corrected chi connectivity index (χ3v) is 11.1. The molecule has 1 saturated carbocycles. The number of hydrogen-bond acceptors (Lipinski definition) is 8. The fourth-order valence-corrected chi connectivity index (χ4v) is 7.83. The molecule has 14 heteroatoms. The van der Waals surface area contributed by atoms with Crippen LogP contribution in [0, 0.1) is 0 Å². The summed E-state index contributed by atoms with van der Waals surface area (Å²) in [5, 5.41) is 10.2. The predicted octanol–water partition coefficient (Wildman–Crippen LogP) is 5.70. The van der Waals surface area contributed by atoms with Gasteiger partial charge in [0.25, 0.3) is 10.2 Å². The van der Waals surface area contributed by atoms with Gasteiger partial charge in [-0.2, -0.15) is 17.0 Å². The van der Waals surface area contributed by atoms with Gasteiger partial charge in [-0.1, -0.05) is 24.3 Å². The van der Waals surface area contributed by atoms with E-state index in [9.17, 15) is 23.1 Å². The summed E-state index contributed by atoms with van der Waals surface area (Å²) in [5.74, 6) is 1.71. The maximum absolute atomic E-state index is 13.7. The highest BCUT2D eigenvalue weighted by atomic mass is 35.5. The fourth-order valence-electron chi connectivity index (χ4n) is 6.42. The molecular formula is C33H46ClN3O9S. The second-order valence-electron chi connectivity index (χ2n) is 12.2. The minimum absolute atomic E-state index is 0.0743. The van der Waals surface area contributed by atoms with E-state index < -0.39 is 40.6 Å². The molecule has 0 spiro atoms. The van der Waals surface area contributed by atoms with Crippen molar-refractivity contribution < 1.29 is 42.1 Å². The van der Waals surface area contributed by atoms with E-state index in [1.807, 2.05) is 30.3 Å². The molecule has 2 aliphatic rings. The molecule has 2 aromatic rings. The van der Waals surface area contributed by atoms with Crippen LogP contribution >= 0.6 is 11.6 Å². The predicted molar refractivity (Wildman–Crippen MR) is 177 cm³/mol. The molecule has 2 fully saturated rings. The Morgan fingerprint density at radius 3 is 2.36 bits per heavy atom. The van der Waals surface area contributed by atoms with E-state index in [0.29, 0.717) is 30.2 Å². The molecule has 1 N–H and O–H groups in total. The summed E-state index contributed by atoms with van der Waals surface area (Å²) in [6, 6.07) is 12.9. The summed E-state index contributed by atoms with van der Waals surface area (Å²) < 4.78 is 51.9. The summed E-state index contributed by atoms with van der Waals surface area (Å²) in [4.78, 5) is 25.8. The largest absolute Gasteiger partial charge is 0.513 e. The van der Waals surface area contributed by atoms with Gasteiger partial charge in [-0.25, -0.2) is 9.59 Å². The zero-order valence-electron chi connectivity index (χ0n) is 27.4. The van der Waals surface area contributed by atoms with Crippen LogP contribution in [0.3, 0.4) is 0 Å². The van der Waals surface area contributed by atoms with Gasteiger partial charge in [-0.15, -0.1) is 11.6 Å². The van der Waals surface area contributed by atoms with E-state index in [0.717, 1.165) is 41.1 Å². The van der Waals surface area contributed by atoms with E-state index in [-0.39, 0.29) is 31.8 Å². The Balaban J connectivity index is 1.43. The minimum Gasteiger partial charge on any atom is -0.497 e. The molecule has 47 heavy (non-hydrogen) atoms. The molecule has 0 bridgehead atoms. The molecule has 3 atom stereocenters. The first-order valence-corrected chi connectivity index (χ1v) is 17.8. The van der Waals surface area contributed by atoms with Crippen molar-refractivity contribution in [3.8, 4) is 11.5 Å². The molecule has 1 unspecified atom stereocenters. The fraction of sp³-hybridized carbons (Fsp3) is 0.576. The number of benzene rings is 2. The molecule has 1 amide bonds. The molecule has 1 aliphatic heterocycles. The number of methoxy groups -OCH3 is 1. The third-order valence-electron chi connectivity index (χ3n) is 8.91. The monoisotopic (exact) mass is 695 g/mol. The molecule has 1 saturated heterocycles. The van der Waals surface area contributed by atoms with Crippen molar-refractivity contribution in [2.24, 2.45) is 0 Å². The van der Waals surface area contributed by atoms with Crippen LogP contribution in [0.15, 0.2) is 48.5 Å². The highest BCUT2D eigenvalue weighted by Gasteiger charge is 2.48. The summed E-state index contributed by atoms with van der Waals surface area (Å²) >= 11 is 5.62. The second kappa shape index (κ2) is 16.8. The van der Waals surface area contributed by atoms with Crippen LogP contribution in [0.4, 0.5) is 9.59 Å². The molecule has 0 aromatic heterocycles. The van der Waals surface area contributed by atoms with Crippen molar-refractivity contribution in [1.82, 2.24) is 13.5 Å². The first kappa shape index (κ1) is 36.7. The van der Waals surface area contributed by atoms with E-state index in [1.54, 1.807) is 32.2 Å². The number of carboxylic acid groups (broad SMARTS) is 1. The maximum Gasteiger partial charge on any atom is 0.513 e. The number of carbonyl (C=O) groups excluding carboxylic acids is 1. The van der Waals surface area contributed by atoms with Gasteiger partial charge in [0.05, 0.1) is 38.5 Å². The first-order chi connectivity index (χ1) is 22.4. The standard InChI is InChI=1S/C33H46ClN3O9S/c1-23-19-30(36(47(41,42)35(2)3)21-24-9-13-27(43-4)14-10-24)31(37(23)32(38)39)22-45-28-15-11-25(12-16-28)26-7-5-8-29(20-26)46-33(40)44-18-6-17-34/h5,7-10,13-14,20,23,25,28,30-31H,6,11-12,15-19,21-22H2,1-4H3,(H,38,39)/t23-,25?,28?,30+,31?/m1/s1. The molecule has 4 rings (SSSR count). The summed E-state index contributed by atoms with van der Waals surface area (Å²) in [6.45, 7) is 2.15. The summed E-state index contributed by atoms with van der Waals surface area (Å²) in [7, 11) is 0.593. The Labute approximate surface area is 282 Å². The minimum atomic E-state index is -3.92. The van der Waals surface area contributed by atoms with Crippen molar-refractivity contribution in [2.75, 3.05) is 40.3 Å². The van der Waals surface area contributed by atoms with Gasteiger partial charge in [-0.3, -0.25) is 4.90 Å². The van der Waals surface area contributed by atoms with Crippen LogP contribution in [-0.4, -0.2) is 104 Å². The third kappa shape index (κ3) is 9.50. The van der Waals surface area contributed by atoms with E-state index in [4.69, 9.17) is 30.5 Å². The van der Waals surface area contributed by atoms with Gasteiger partial charge in [0, 0.05) is 32.6 Å².